The Hall–Kier alpha value is -1.88. The van der Waals surface area contributed by atoms with Crippen molar-refractivity contribution in [2.75, 3.05) is 13.1 Å². The lowest BCUT2D eigenvalue weighted by molar-refractivity contribution is -0.138. The maximum atomic E-state index is 11.1. The number of carbonyl (C=O) groups excluding carboxylic acids is 1. The van der Waals surface area contributed by atoms with E-state index in [0.717, 1.165) is 24.1 Å². The molecule has 19 heavy (non-hydrogen) atoms. The van der Waals surface area contributed by atoms with Gasteiger partial charge in [0.15, 0.2) is 0 Å². The summed E-state index contributed by atoms with van der Waals surface area (Å²) in [6, 6.07) is 5.25. The van der Waals surface area contributed by atoms with E-state index in [9.17, 15) is 9.59 Å². The van der Waals surface area contributed by atoms with Gasteiger partial charge in [-0.25, -0.2) is 0 Å². The van der Waals surface area contributed by atoms with Gasteiger partial charge in [0.2, 0.25) is 5.91 Å². The highest BCUT2D eigenvalue weighted by Crippen LogP contribution is 2.13. The number of aryl methyl sites for hydroxylation is 1. The van der Waals surface area contributed by atoms with E-state index in [0.29, 0.717) is 12.1 Å². The Balaban J connectivity index is 2.84. The number of carbonyl (C=O) groups is 2. The largest absolute Gasteiger partial charge is 0.480 e. The van der Waals surface area contributed by atoms with Crippen molar-refractivity contribution in [1.82, 2.24) is 4.90 Å². The maximum absolute atomic E-state index is 11.1. The molecule has 0 saturated carbocycles. The number of aliphatic carboxylic acids is 1. The minimum absolute atomic E-state index is 0.0187. The molecule has 0 aromatic heterocycles. The molecule has 0 aliphatic rings. The summed E-state index contributed by atoms with van der Waals surface area (Å²) in [5, 5.41) is 8.87. The highest BCUT2D eigenvalue weighted by Gasteiger charge is 2.11. The average molecular weight is 264 g/mol. The average Bonchev–Trinajstić information content (AvgIpc) is 2.31. The summed E-state index contributed by atoms with van der Waals surface area (Å²) >= 11 is 0. The standard InChI is InChI=1S/C14H20N2O3/c1-3-6-16(9-13(17)18)8-12-5-4-11(14(15)19)7-10(12)2/h4-5,7H,3,6,8-9H2,1-2H3,(H2,15,19)(H,17,18). The first-order valence-corrected chi connectivity index (χ1v) is 6.27. The lowest BCUT2D eigenvalue weighted by atomic mass is 10.0. The molecule has 1 aromatic rings. The van der Waals surface area contributed by atoms with Crippen LogP contribution < -0.4 is 5.73 Å². The molecule has 1 rings (SSSR count). The van der Waals surface area contributed by atoms with Gasteiger partial charge < -0.3 is 10.8 Å². The van der Waals surface area contributed by atoms with Crippen LogP contribution in [0, 0.1) is 6.92 Å². The van der Waals surface area contributed by atoms with Gasteiger partial charge in [-0.1, -0.05) is 13.0 Å². The van der Waals surface area contributed by atoms with Gasteiger partial charge in [-0.2, -0.15) is 0 Å². The van der Waals surface area contributed by atoms with Crippen LogP contribution in [0.3, 0.4) is 0 Å². The predicted molar refractivity (Wildman–Crippen MR) is 72.9 cm³/mol. The van der Waals surface area contributed by atoms with Crippen molar-refractivity contribution >= 4 is 11.9 Å². The topological polar surface area (TPSA) is 83.6 Å². The molecule has 0 saturated heterocycles. The first-order valence-electron chi connectivity index (χ1n) is 6.27. The van der Waals surface area contributed by atoms with Crippen LogP contribution in [-0.2, 0) is 11.3 Å². The number of hydrogen-bond acceptors (Lipinski definition) is 3. The lowest BCUT2D eigenvalue weighted by Crippen LogP contribution is -2.30. The summed E-state index contributed by atoms with van der Waals surface area (Å²) in [5.41, 5.74) is 7.65. The number of benzene rings is 1. The molecular formula is C14H20N2O3. The van der Waals surface area contributed by atoms with Crippen LogP contribution >= 0.6 is 0 Å². The molecule has 0 fully saturated rings. The number of hydrogen-bond donors (Lipinski definition) is 2. The molecular weight excluding hydrogens is 244 g/mol. The molecule has 0 heterocycles. The summed E-state index contributed by atoms with van der Waals surface area (Å²) in [6.07, 6.45) is 0.895. The van der Waals surface area contributed by atoms with E-state index >= 15 is 0 Å². The molecule has 0 bridgehead atoms. The van der Waals surface area contributed by atoms with Gasteiger partial charge in [-0.15, -0.1) is 0 Å². The van der Waals surface area contributed by atoms with Gasteiger partial charge in [0.25, 0.3) is 0 Å². The zero-order chi connectivity index (χ0) is 14.4. The second-order valence-electron chi connectivity index (χ2n) is 4.61. The van der Waals surface area contributed by atoms with E-state index in [4.69, 9.17) is 10.8 Å². The van der Waals surface area contributed by atoms with Crippen molar-refractivity contribution in [3.05, 3.63) is 34.9 Å². The van der Waals surface area contributed by atoms with E-state index < -0.39 is 11.9 Å². The number of rotatable bonds is 7. The number of nitrogens with zero attached hydrogens (tertiary/aromatic N) is 1. The zero-order valence-corrected chi connectivity index (χ0v) is 11.3. The third-order valence-corrected chi connectivity index (χ3v) is 2.92. The van der Waals surface area contributed by atoms with Crippen molar-refractivity contribution in [1.29, 1.82) is 0 Å². The van der Waals surface area contributed by atoms with E-state index in [1.807, 2.05) is 24.8 Å². The minimum atomic E-state index is -0.833. The number of primary amides is 1. The van der Waals surface area contributed by atoms with Crippen molar-refractivity contribution in [3.8, 4) is 0 Å². The second kappa shape index (κ2) is 6.89. The molecule has 0 atom stereocenters. The molecule has 104 valence electrons. The molecule has 1 aromatic carbocycles. The normalized spacial score (nSPS) is 10.7. The highest BCUT2D eigenvalue weighted by molar-refractivity contribution is 5.93. The first-order chi connectivity index (χ1) is 8.93. The minimum Gasteiger partial charge on any atom is -0.480 e. The van der Waals surface area contributed by atoms with Crippen molar-refractivity contribution in [2.45, 2.75) is 26.8 Å². The summed E-state index contributed by atoms with van der Waals surface area (Å²) in [6.45, 7) is 5.21. The third kappa shape index (κ3) is 4.71. The summed E-state index contributed by atoms with van der Waals surface area (Å²) in [7, 11) is 0. The lowest BCUT2D eigenvalue weighted by Gasteiger charge is -2.20. The Bertz CT molecular complexity index is 472. The van der Waals surface area contributed by atoms with Crippen molar-refractivity contribution < 1.29 is 14.7 Å². The number of amides is 1. The fourth-order valence-electron chi connectivity index (χ4n) is 1.99. The maximum Gasteiger partial charge on any atom is 0.317 e. The quantitative estimate of drug-likeness (QED) is 0.779. The van der Waals surface area contributed by atoms with Gasteiger partial charge in [-0.05, 0) is 43.1 Å². The highest BCUT2D eigenvalue weighted by atomic mass is 16.4. The summed E-state index contributed by atoms with van der Waals surface area (Å²) in [4.78, 5) is 23.7. The van der Waals surface area contributed by atoms with E-state index in [1.165, 1.54) is 0 Å². The number of carboxylic acids is 1. The van der Waals surface area contributed by atoms with Crippen LogP contribution in [0.15, 0.2) is 18.2 Å². The van der Waals surface area contributed by atoms with Gasteiger partial charge in [0, 0.05) is 12.1 Å². The Labute approximate surface area is 113 Å². The Kier molecular flexibility index (Phi) is 5.51. The molecule has 5 heteroatoms. The van der Waals surface area contributed by atoms with Crippen LogP contribution in [0.4, 0.5) is 0 Å². The van der Waals surface area contributed by atoms with E-state index in [1.54, 1.807) is 12.1 Å². The Morgan fingerprint density at radius 3 is 2.53 bits per heavy atom. The van der Waals surface area contributed by atoms with Gasteiger partial charge in [0.1, 0.15) is 0 Å². The second-order valence-corrected chi connectivity index (χ2v) is 4.61. The zero-order valence-electron chi connectivity index (χ0n) is 11.3. The fourth-order valence-corrected chi connectivity index (χ4v) is 1.99. The molecule has 0 radical (unpaired) electrons. The van der Waals surface area contributed by atoms with E-state index in [2.05, 4.69) is 0 Å². The van der Waals surface area contributed by atoms with Gasteiger partial charge >= 0.3 is 5.97 Å². The molecule has 0 unspecified atom stereocenters. The monoisotopic (exact) mass is 264 g/mol. The number of nitrogens with two attached hydrogens (primary N) is 1. The van der Waals surface area contributed by atoms with Crippen LogP contribution in [0.25, 0.3) is 0 Å². The Morgan fingerprint density at radius 2 is 2.05 bits per heavy atom. The molecule has 1 amide bonds. The third-order valence-electron chi connectivity index (χ3n) is 2.92. The predicted octanol–water partition coefficient (Wildman–Crippen LogP) is 1.39. The number of carboxylic acid groups (broad SMARTS) is 1. The molecule has 0 aliphatic carbocycles. The van der Waals surface area contributed by atoms with Crippen LogP contribution in [0.5, 0.6) is 0 Å². The Morgan fingerprint density at radius 1 is 1.37 bits per heavy atom. The van der Waals surface area contributed by atoms with Gasteiger partial charge in [0.05, 0.1) is 6.54 Å². The SMILES string of the molecule is CCCN(CC(=O)O)Cc1ccc(C(N)=O)cc1C. The molecule has 5 nitrogen and oxygen atoms in total. The van der Waals surface area contributed by atoms with Crippen LogP contribution in [0.1, 0.15) is 34.8 Å². The molecule has 0 aliphatic heterocycles. The fraction of sp³-hybridized carbons (Fsp3) is 0.429. The summed E-state index contributed by atoms with van der Waals surface area (Å²) < 4.78 is 0. The smallest absolute Gasteiger partial charge is 0.317 e. The summed E-state index contributed by atoms with van der Waals surface area (Å²) in [5.74, 6) is -1.29. The van der Waals surface area contributed by atoms with Crippen LogP contribution in [0.2, 0.25) is 0 Å². The van der Waals surface area contributed by atoms with Crippen molar-refractivity contribution in [3.63, 3.8) is 0 Å². The van der Waals surface area contributed by atoms with Crippen molar-refractivity contribution in [2.24, 2.45) is 5.73 Å². The van der Waals surface area contributed by atoms with E-state index in [-0.39, 0.29) is 6.54 Å². The van der Waals surface area contributed by atoms with Gasteiger partial charge in [-0.3, -0.25) is 14.5 Å². The molecule has 3 N–H and O–H groups in total. The van der Waals surface area contributed by atoms with Crippen LogP contribution in [-0.4, -0.2) is 35.0 Å². The molecule has 0 spiro atoms. The first kappa shape index (κ1) is 15.2.